The number of likely N-dealkylation sites (tertiary alicyclic amines) is 1. The molecule has 1 heterocycles. The van der Waals surface area contributed by atoms with Gasteiger partial charge in [-0.25, -0.2) is 0 Å². The number of hydrogen-bond donors (Lipinski definition) is 1. The van der Waals surface area contributed by atoms with Gasteiger partial charge in [-0.15, -0.1) is 0 Å². The Bertz CT molecular complexity index is 254. The maximum atomic E-state index is 11.7. The summed E-state index contributed by atoms with van der Waals surface area (Å²) < 4.78 is 5.31. The van der Waals surface area contributed by atoms with Crippen molar-refractivity contribution in [3.63, 3.8) is 0 Å². The van der Waals surface area contributed by atoms with Crippen molar-refractivity contribution in [1.29, 1.82) is 0 Å². The topological polar surface area (TPSA) is 66.8 Å². The van der Waals surface area contributed by atoms with Gasteiger partial charge in [0.1, 0.15) is 0 Å². The van der Waals surface area contributed by atoms with Crippen molar-refractivity contribution in [2.45, 2.75) is 38.6 Å². The van der Waals surface area contributed by atoms with Crippen LogP contribution in [0.1, 0.15) is 32.6 Å². The Kier molecular flexibility index (Phi) is 5.25. The number of amides is 1. The zero-order valence-corrected chi connectivity index (χ0v) is 9.65. The smallest absolute Gasteiger partial charge is 0.303 e. The number of carbonyl (C=O) groups excluding carboxylic acids is 1. The molecule has 1 fully saturated rings. The first kappa shape index (κ1) is 13.0. The highest BCUT2D eigenvalue weighted by molar-refractivity contribution is 5.81. The summed E-state index contributed by atoms with van der Waals surface area (Å²) >= 11 is 0. The highest BCUT2D eigenvalue weighted by Gasteiger charge is 2.28. The lowest BCUT2D eigenvalue weighted by Crippen LogP contribution is -2.38. The van der Waals surface area contributed by atoms with Gasteiger partial charge in [-0.3, -0.25) is 9.59 Å². The van der Waals surface area contributed by atoms with Gasteiger partial charge < -0.3 is 14.7 Å². The SMILES string of the molecule is CCOCC1CCCN1C(=O)CCC(=O)O. The molecular weight excluding hydrogens is 210 g/mol. The Morgan fingerprint density at radius 2 is 2.19 bits per heavy atom. The lowest BCUT2D eigenvalue weighted by atomic mass is 10.2. The van der Waals surface area contributed by atoms with Crippen LogP contribution in [0.4, 0.5) is 0 Å². The number of carbonyl (C=O) groups is 2. The molecule has 0 saturated carbocycles. The summed E-state index contributed by atoms with van der Waals surface area (Å²) in [4.78, 5) is 23.9. The minimum atomic E-state index is -0.922. The summed E-state index contributed by atoms with van der Waals surface area (Å²) in [5.74, 6) is -0.987. The summed E-state index contributed by atoms with van der Waals surface area (Å²) in [6.07, 6.45) is 1.95. The normalized spacial score (nSPS) is 20.1. The summed E-state index contributed by atoms with van der Waals surface area (Å²) in [6, 6.07) is 0.140. The van der Waals surface area contributed by atoms with Gasteiger partial charge in [0.2, 0.25) is 5.91 Å². The third-order valence-corrected chi connectivity index (χ3v) is 2.76. The standard InChI is InChI=1S/C11H19NO4/c1-2-16-8-9-4-3-7-12(9)10(13)5-6-11(14)15/h9H,2-8H2,1H3,(H,14,15). The van der Waals surface area contributed by atoms with E-state index in [9.17, 15) is 9.59 Å². The molecule has 5 nitrogen and oxygen atoms in total. The molecule has 5 heteroatoms. The second-order valence-electron chi connectivity index (χ2n) is 3.94. The molecule has 0 spiro atoms. The van der Waals surface area contributed by atoms with E-state index >= 15 is 0 Å². The van der Waals surface area contributed by atoms with Gasteiger partial charge >= 0.3 is 5.97 Å². The Hall–Kier alpha value is -1.10. The molecule has 0 aromatic rings. The summed E-state index contributed by atoms with van der Waals surface area (Å²) in [7, 11) is 0. The highest BCUT2D eigenvalue weighted by Crippen LogP contribution is 2.18. The third kappa shape index (κ3) is 3.81. The van der Waals surface area contributed by atoms with Crippen LogP contribution in [-0.2, 0) is 14.3 Å². The van der Waals surface area contributed by atoms with Crippen molar-refractivity contribution in [2.24, 2.45) is 0 Å². The molecule has 1 rings (SSSR count). The van der Waals surface area contributed by atoms with Gasteiger partial charge in [-0.05, 0) is 19.8 Å². The maximum absolute atomic E-state index is 11.7. The van der Waals surface area contributed by atoms with E-state index in [0.717, 1.165) is 19.4 Å². The zero-order valence-electron chi connectivity index (χ0n) is 9.65. The molecule has 0 aromatic heterocycles. The molecule has 92 valence electrons. The molecule has 0 bridgehead atoms. The van der Waals surface area contributed by atoms with Crippen molar-refractivity contribution < 1.29 is 19.4 Å². The van der Waals surface area contributed by atoms with Gasteiger partial charge in [-0.1, -0.05) is 0 Å². The Labute approximate surface area is 95.4 Å². The Morgan fingerprint density at radius 3 is 2.81 bits per heavy atom. The van der Waals surface area contributed by atoms with Gasteiger partial charge in [0, 0.05) is 19.6 Å². The predicted octanol–water partition coefficient (Wildman–Crippen LogP) is 0.879. The van der Waals surface area contributed by atoms with Crippen LogP contribution in [0.25, 0.3) is 0 Å². The van der Waals surface area contributed by atoms with Gasteiger partial charge in [0.15, 0.2) is 0 Å². The highest BCUT2D eigenvalue weighted by atomic mass is 16.5. The molecule has 1 amide bonds. The molecule has 0 aliphatic carbocycles. The van der Waals surface area contributed by atoms with Crippen molar-refractivity contribution >= 4 is 11.9 Å². The van der Waals surface area contributed by atoms with E-state index < -0.39 is 5.97 Å². The molecule has 0 aromatic carbocycles. The lowest BCUT2D eigenvalue weighted by molar-refractivity contribution is -0.141. The number of aliphatic carboxylic acids is 1. The fraction of sp³-hybridized carbons (Fsp3) is 0.818. The molecule has 16 heavy (non-hydrogen) atoms. The van der Waals surface area contributed by atoms with Crippen LogP contribution in [0.5, 0.6) is 0 Å². The molecule has 1 saturated heterocycles. The molecule has 1 aliphatic heterocycles. The van der Waals surface area contributed by atoms with Crippen molar-refractivity contribution in [1.82, 2.24) is 4.90 Å². The van der Waals surface area contributed by atoms with E-state index in [2.05, 4.69) is 0 Å². The van der Waals surface area contributed by atoms with Crippen molar-refractivity contribution in [2.75, 3.05) is 19.8 Å². The van der Waals surface area contributed by atoms with Crippen LogP contribution in [-0.4, -0.2) is 47.7 Å². The minimum Gasteiger partial charge on any atom is -0.481 e. The number of carboxylic acids is 1. The van der Waals surface area contributed by atoms with Crippen LogP contribution in [0.2, 0.25) is 0 Å². The van der Waals surface area contributed by atoms with Crippen molar-refractivity contribution in [3.05, 3.63) is 0 Å². The van der Waals surface area contributed by atoms with Gasteiger partial charge in [-0.2, -0.15) is 0 Å². The van der Waals surface area contributed by atoms with Gasteiger partial charge in [0.05, 0.1) is 19.1 Å². The second-order valence-corrected chi connectivity index (χ2v) is 3.94. The molecule has 1 unspecified atom stereocenters. The first-order valence-electron chi connectivity index (χ1n) is 5.74. The molecular formula is C11H19NO4. The average molecular weight is 229 g/mol. The maximum Gasteiger partial charge on any atom is 0.303 e. The van der Waals surface area contributed by atoms with E-state index in [1.54, 1.807) is 4.90 Å². The quantitative estimate of drug-likeness (QED) is 0.734. The van der Waals surface area contributed by atoms with Crippen LogP contribution in [0.15, 0.2) is 0 Å². The van der Waals surface area contributed by atoms with Gasteiger partial charge in [0.25, 0.3) is 0 Å². The number of ether oxygens (including phenoxy) is 1. The Balaban J connectivity index is 2.37. The molecule has 0 radical (unpaired) electrons. The zero-order chi connectivity index (χ0) is 12.0. The van der Waals surface area contributed by atoms with E-state index in [0.29, 0.717) is 13.2 Å². The van der Waals surface area contributed by atoms with Crippen LogP contribution in [0.3, 0.4) is 0 Å². The monoisotopic (exact) mass is 229 g/mol. The summed E-state index contributed by atoms with van der Waals surface area (Å²) in [6.45, 7) is 3.87. The van der Waals surface area contributed by atoms with Crippen molar-refractivity contribution in [3.8, 4) is 0 Å². The number of carboxylic acid groups (broad SMARTS) is 1. The second kappa shape index (κ2) is 6.48. The van der Waals surface area contributed by atoms with Crippen LogP contribution in [0, 0.1) is 0 Å². The summed E-state index contributed by atoms with van der Waals surface area (Å²) in [5, 5.41) is 8.52. The summed E-state index contributed by atoms with van der Waals surface area (Å²) in [5.41, 5.74) is 0. The first-order chi connectivity index (χ1) is 7.65. The number of rotatable bonds is 6. The van der Waals surface area contributed by atoms with E-state index in [1.165, 1.54) is 0 Å². The Morgan fingerprint density at radius 1 is 1.44 bits per heavy atom. The lowest BCUT2D eigenvalue weighted by Gasteiger charge is -2.24. The van der Waals surface area contributed by atoms with Crippen LogP contribution >= 0.6 is 0 Å². The van der Waals surface area contributed by atoms with E-state index in [1.807, 2.05) is 6.92 Å². The predicted molar refractivity (Wildman–Crippen MR) is 58.1 cm³/mol. The van der Waals surface area contributed by atoms with Crippen LogP contribution < -0.4 is 0 Å². The number of hydrogen-bond acceptors (Lipinski definition) is 3. The fourth-order valence-electron chi connectivity index (χ4n) is 1.95. The number of nitrogens with zero attached hydrogens (tertiary/aromatic N) is 1. The average Bonchev–Trinajstić information content (AvgIpc) is 2.71. The minimum absolute atomic E-state index is 0.0652. The third-order valence-electron chi connectivity index (χ3n) is 2.76. The largest absolute Gasteiger partial charge is 0.481 e. The van der Waals surface area contributed by atoms with E-state index in [-0.39, 0.29) is 24.8 Å². The van der Waals surface area contributed by atoms with E-state index in [4.69, 9.17) is 9.84 Å². The first-order valence-corrected chi connectivity index (χ1v) is 5.74. The fourth-order valence-corrected chi connectivity index (χ4v) is 1.95. The molecule has 1 N–H and O–H groups in total. The molecule has 1 aliphatic rings. The molecule has 1 atom stereocenters.